The Morgan fingerprint density at radius 2 is 1.96 bits per heavy atom. The number of hydrogen-bond acceptors (Lipinski definition) is 10. The van der Waals surface area contributed by atoms with Crippen LogP contribution in [0.2, 0.25) is 0 Å². The van der Waals surface area contributed by atoms with E-state index in [2.05, 4.69) is 81.2 Å². The van der Waals surface area contributed by atoms with Crippen LogP contribution < -0.4 is 5.32 Å². The summed E-state index contributed by atoms with van der Waals surface area (Å²) in [6, 6.07) is 8.54. The summed E-state index contributed by atoms with van der Waals surface area (Å²) in [5.41, 5.74) is 1.19. The largest absolute Gasteiger partial charge is 0.379 e. The fourth-order valence-corrected chi connectivity index (χ4v) is 9.82. The van der Waals surface area contributed by atoms with Gasteiger partial charge in [-0.05, 0) is 66.5 Å². The second-order valence-electron chi connectivity index (χ2n) is 12.5. The number of alkyl halides is 1. The highest BCUT2D eigenvalue weighted by atomic mass is 33.1. The Kier molecular flexibility index (Phi) is 13.1. The highest BCUT2D eigenvalue weighted by Crippen LogP contribution is 2.50. The Balaban J connectivity index is 1.42. The molecule has 1 aromatic carbocycles. The van der Waals surface area contributed by atoms with Crippen LogP contribution in [0.5, 0.6) is 0 Å². The minimum atomic E-state index is -1.70. The SMILES string of the molecule is [2H]C[C@H]1O[C@@H](N2C=CC(=O)NC2=C)C(F)[C@H]1OP(OCCc1ccccc1SSC(C)(C)CN1CCOCC1)N(C(C)C)C(C)C. The molecule has 0 bridgehead atoms. The molecule has 1 amide bonds. The summed E-state index contributed by atoms with van der Waals surface area (Å²) < 4.78 is 50.8. The summed E-state index contributed by atoms with van der Waals surface area (Å²) in [5, 5.41) is 2.58. The van der Waals surface area contributed by atoms with E-state index in [1.165, 1.54) is 27.6 Å². The van der Waals surface area contributed by atoms with E-state index in [1.807, 2.05) is 16.9 Å². The van der Waals surface area contributed by atoms with Gasteiger partial charge in [0, 0.05) is 55.0 Å². The zero-order valence-corrected chi connectivity index (χ0v) is 29.8. The number of ether oxygens (including phenoxy) is 2. The van der Waals surface area contributed by atoms with Gasteiger partial charge in [0.2, 0.25) is 0 Å². The predicted octanol–water partition coefficient (Wildman–Crippen LogP) is 6.33. The summed E-state index contributed by atoms with van der Waals surface area (Å²) in [6.45, 7) is 21.4. The molecule has 5 atom stereocenters. The molecule has 3 aliphatic rings. The van der Waals surface area contributed by atoms with Gasteiger partial charge < -0.3 is 28.7 Å². The van der Waals surface area contributed by atoms with E-state index < -0.39 is 33.1 Å². The van der Waals surface area contributed by atoms with Gasteiger partial charge in [-0.15, -0.1) is 0 Å². The van der Waals surface area contributed by atoms with Crippen LogP contribution in [0.1, 0.15) is 55.4 Å². The molecule has 1 N–H and O–H groups in total. The summed E-state index contributed by atoms with van der Waals surface area (Å²) in [7, 11) is 1.98. The summed E-state index contributed by atoms with van der Waals surface area (Å²) in [6.07, 6.45) is -1.11. The first kappa shape index (κ1) is 35.1. The third-order valence-corrected chi connectivity index (χ3v) is 13.1. The first-order valence-corrected chi connectivity index (χ1v) is 18.8. The van der Waals surface area contributed by atoms with Crippen molar-refractivity contribution in [2.75, 3.05) is 39.5 Å². The van der Waals surface area contributed by atoms with Crippen molar-refractivity contribution in [2.24, 2.45) is 0 Å². The highest BCUT2D eigenvalue weighted by Gasteiger charge is 2.49. The van der Waals surface area contributed by atoms with Crippen LogP contribution >= 0.6 is 30.1 Å². The van der Waals surface area contributed by atoms with Crippen molar-refractivity contribution in [3.05, 3.63) is 54.5 Å². The van der Waals surface area contributed by atoms with Crippen molar-refractivity contribution in [3.63, 3.8) is 0 Å². The van der Waals surface area contributed by atoms with Crippen LogP contribution in [0.4, 0.5) is 4.39 Å². The molecule has 2 saturated heterocycles. The summed E-state index contributed by atoms with van der Waals surface area (Å²) >= 11 is 0. The molecule has 0 spiro atoms. The number of carbonyl (C=O) groups excluding carboxylic acids is 1. The van der Waals surface area contributed by atoms with E-state index in [4.69, 9.17) is 19.9 Å². The number of amides is 1. The van der Waals surface area contributed by atoms with Crippen molar-refractivity contribution in [3.8, 4) is 0 Å². The van der Waals surface area contributed by atoms with Crippen LogP contribution in [-0.4, -0.2) is 101 Å². The molecular weight excluding hydrogens is 634 g/mol. The molecule has 45 heavy (non-hydrogen) atoms. The average Bonchev–Trinajstić information content (AvgIpc) is 3.31. The number of hydrogen-bond donors (Lipinski definition) is 1. The summed E-state index contributed by atoms with van der Waals surface area (Å²) in [5.74, 6) is -0.121. The van der Waals surface area contributed by atoms with Crippen LogP contribution in [-0.2, 0) is 29.7 Å². The molecule has 0 saturated carbocycles. The van der Waals surface area contributed by atoms with E-state index >= 15 is 4.39 Å². The van der Waals surface area contributed by atoms with Crippen LogP contribution in [0, 0.1) is 0 Å². The van der Waals surface area contributed by atoms with Gasteiger partial charge in [-0.25, -0.2) is 9.06 Å². The van der Waals surface area contributed by atoms with Crippen molar-refractivity contribution >= 4 is 36.0 Å². The molecule has 4 rings (SSSR count). The molecule has 1 aromatic rings. The smallest absolute Gasteiger partial charge is 0.259 e. The van der Waals surface area contributed by atoms with Gasteiger partial charge >= 0.3 is 0 Å². The number of carbonyl (C=O) groups is 1. The molecule has 9 nitrogen and oxygen atoms in total. The second kappa shape index (κ2) is 16.8. The van der Waals surface area contributed by atoms with Crippen molar-refractivity contribution in [1.29, 1.82) is 0 Å². The number of rotatable bonds is 15. The van der Waals surface area contributed by atoms with E-state index in [0.717, 1.165) is 32.8 Å². The van der Waals surface area contributed by atoms with Crippen LogP contribution in [0.25, 0.3) is 0 Å². The molecular formula is C32H50FN4O5PS2. The third-order valence-electron chi connectivity index (χ3n) is 7.58. The predicted molar refractivity (Wildman–Crippen MR) is 182 cm³/mol. The van der Waals surface area contributed by atoms with Crippen molar-refractivity contribution < 1.29 is 29.1 Å². The Morgan fingerprint density at radius 1 is 1.24 bits per heavy atom. The highest BCUT2D eigenvalue weighted by molar-refractivity contribution is 8.77. The average molecular weight is 686 g/mol. The molecule has 2 fully saturated rings. The van der Waals surface area contributed by atoms with Gasteiger partial charge in [-0.1, -0.05) is 46.4 Å². The molecule has 13 heteroatoms. The fraction of sp³-hybridized carbons (Fsp3) is 0.656. The number of nitrogens with one attached hydrogen (secondary N) is 1. The maximum atomic E-state index is 16.1. The van der Waals surface area contributed by atoms with E-state index in [-0.39, 0.29) is 35.5 Å². The van der Waals surface area contributed by atoms with Crippen molar-refractivity contribution in [2.45, 2.75) is 101 Å². The Bertz CT molecular complexity index is 1190. The minimum absolute atomic E-state index is 0.0588. The van der Waals surface area contributed by atoms with Gasteiger partial charge in [0.15, 0.2) is 12.4 Å². The van der Waals surface area contributed by atoms with Crippen LogP contribution in [0.3, 0.4) is 0 Å². The molecule has 0 radical (unpaired) electrons. The normalized spacial score (nSPS) is 25.8. The molecule has 0 aliphatic carbocycles. The molecule has 0 aromatic heterocycles. The Hall–Kier alpha value is -1.21. The summed E-state index contributed by atoms with van der Waals surface area (Å²) in [4.78, 5) is 16.8. The van der Waals surface area contributed by atoms with Gasteiger partial charge in [0.1, 0.15) is 11.9 Å². The van der Waals surface area contributed by atoms with Crippen LogP contribution in [0.15, 0.2) is 53.8 Å². The second-order valence-corrected chi connectivity index (χ2v) is 16.8. The Morgan fingerprint density at radius 3 is 2.62 bits per heavy atom. The number of nitrogens with zero attached hydrogens (tertiary/aromatic N) is 3. The zero-order chi connectivity index (χ0) is 33.4. The maximum absolute atomic E-state index is 16.1. The van der Waals surface area contributed by atoms with Crippen molar-refractivity contribution in [1.82, 2.24) is 19.8 Å². The number of benzene rings is 1. The van der Waals surface area contributed by atoms with Gasteiger partial charge in [0.05, 0.1) is 25.9 Å². The topological polar surface area (TPSA) is 75.7 Å². The Labute approximate surface area is 279 Å². The minimum Gasteiger partial charge on any atom is -0.379 e. The zero-order valence-electron chi connectivity index (χ0n) is 28.3. The van der Waals surface area contributed by atoms with E-state index in [0.29, 0.717) is 13.0 Å². The fourth-order valence-electron chi connectivity index (χ4n) is 5.50. The van der Waals surface area contributed by atoms with Gasteiger partial charge in [0.25, 0.3) is 14.4 Å². The first-order valence-electron chi connectivity index (χ1n) is 16.3. The van der Waals surface area contributed by atoms with Gasteiger partial charge in [-0.3, -0.25) is 9.69 Å². The lowest BCUT2D eigenvalue weighted by Gasteiger charge is -2.37. The standard InChI is InChI=1S/C32H50FN4O5PS2/c1-22(2)37(23(3)4)43(42-30-24(5)41-31(29(30)33)36-15-13-28(38)34-25(36)6)40-18-14-26-11-9-10-12-27(26)44-45-32(7,8)21-35-16-19-39-20-17-35/h9-13,15,22-24,29-31H,6,14,16-21H2,1-5,7-8H3,(H,34,38)/t24-,29?,30+,31-,43?/m1/s1/i5D. The van der Waals surface area contributed by atoms with Gasteiger partial charge in [-0.2, -0.15) is 0 Å². The number of morpholine rings is 1. The molecule has 3 aliphatic heterocycles. The lowest BCUT2D eigenvalue weighted by atomic mass is 10.1. The van der Waals surface area contributed by atoms with E-state index in [1.54, 1.807) is 10.8 Å². The lowest BCUT2D eigenvalue weighted by molar-refractivity contribution is -0.117. The first-order chi connectivity index (χ1) is 21.9. The number of halogens is 1. The molecule has 252 valence electrons. The quantitative estimate of drug-likeness (QED) is 0.167. The third kappa shape index (κ3) is 10.1. The molecule has 3 heterocycles. The maximum Gasteiger partial charge on any atom is 0.259 e. The molecule has 2 unspecified atom stereocenters. The lowest BCUT2D eigenvalue weighted by Crippen LogP contribution is -2.45. The monoisotopic (exact) mass is 685 g/mol. The van der Waals surface area contributed by atoms with E-state index in [9.17, 15) is 4.79 Å².